The molecule has 0 saturated heterocycles. The van der Waals surface area contributed by atoms with Gasteiger partial charge in [0.1, 0.15) is 0 Å². The third kappa shape index (κ3) is 15.3. The molecule has 3 heteroatoms. The van der Waals surface area contributed by atoms with Crippen LogP contribution in [0.2, 0.25) is 0 Å². The normalized spacial score (nSPS) is 13.2. The Morgan fingerprint density at radius 2 is 1.04 bits per heavy atom. The van der Waals surface area contributed by atoms with Gasteiger partial charge in [-0.05, 0) is 25.7 Å². The van der Waals surface area contributed by atoms with E-state index >= 15 is 0 Å². The van der Waals surface area contributed by atoms with E-state index in [4.69, 9.17) is 17.6 Å². The SMILES string of the molecule is C#CCC(CCCCCCBr)OC(CC#C)CCCCCCBr. The number of unbranched alkanes of at least 4 members (excludes halogenated alkanes) is 6. The number of hydrogen-bond acceptors (Lipinski definition) is 1. The van der Waals surface area contributed by atoms with Gasteiger partial charge in [-0.3, -0.25) is 0 Å². The summed E-state index contributed by atoms with van der Waals surface area (Å²) in [6, 6.07) is 0. The first-order valence-corrected chi connectivity index (χ1v) is 11.2. The third-order valence-corrected chi connectivity index (χ3v) is 5.02. The van der Waals surface area contributed by atoms with Gasteiger partial charge in [0, 0.05) is 23.5 Å². The molecule has 0 amide bonds. The van der Waals surface area contributed by atoms with E-state index in [1.807, 2.05) is 0 Å². The molecule has 0 heterocycles. The van der Waals surface area contributed by atoms with Crippen LogP contribution in [0.15, 0.2) is 0 Å². The monoisotopic (exact) mass is 446 g/mol. The lowest BCUT2D eigenvalue weighted by molar-refractivity contribution is -0.0169. The van der Waals surface area contributed by atoms with E-state index in [0.29, 0.717) is 12.8 Å². The number of alkyl halides is 2. The van der Waals surface area contributed by atoms with Crippen LogP contribution in [0.3, 0.4) is 0 Å². The van der Waals surface area contributed by atoms with Crippen molar-refractivity contribution in [2.75, 3.05) is 10.7 Å². The Morgan fingerprint density at radius 1 is 0.652 bits per heavy atom. The summed E-state index contributed by atoms with van der Waals surface area (Å²) in [5.74, 6) is 5.52. The molecule has 0 aromatic heterocycles. The molecule has 1 nitrogen and oxygen atoms in total. The molecule has 0 radical (unpaired) electrons. The zero-order chi connectivity index (χ0) is 17.2. The zero-order valence-corrected chi connectivity index (χ0v) is 17.5. The quantitative estimate of drug-likeness (QED) is 0.149. The number of halogens is 2. The number of ether oxygens (including phenoxy) is 1. The molecule has 0 rings (SSSR count). The van der Waals surface area contributed by atoms with E-state index in [1.54, 1.807) is 0 Å². The van der Waals surface area contributed by atoms with Crippen LogP contribution in [0.1, 0.15) is 77.0 Å². The first-order chi connectivity index (χ1) is 11.3. The van der Waals surface area contributed by atoms with Gasteiger partial charge in [-0.1, -0.05) is 70.4 Å². The number of rotatable bonds is 16. The van der Waals surface area contributed by atoms with Crippen molar-refractivity contribution in [3.8, 4) is 24.7 Å². The van der Waals surface area contributed by atoms with Crippen LogP contribution in [0.25, 0.3) is 0 Å². The lowest BCUT2D eigenvalue weighted by Crippen LogP contribution is -2.22. The minimum Gasteiger partial charge on any atom is -0.373 e. The fraction of sp³-hybridized carbons (Fsp3) is 0.800. The lowest BCUT2D eigenvalue weighted by atomic mass is 10.0. The van der Waals surface area contributed by atoms with Gasteiger partial charge in [0.2, 0.25) is 0 Å². The van der Waals surface area contributed by atoms with E-state index in [-0.39, 0.29) is 12.2 Å². The number of hydrogen-bond donors (Lipinski definition) is 0. The molecule has 0 saturated carbocycles. The molecular weight excluding hydrogens is 416 g/mol. The Morgan fingerprint density at radius 3 is 1.39 bits per heavy atom. The third-order valence-electron chi connectivity index (χ3n) is 3.90. The first kappa shape index (κ1) is 23.0. The van der Waals surface area contributed by atoms with E-state index in [1.165, 1.54) is 51.4 Å². The van der Waals surface area contributed by atoms with Gasteiger partial charge in [0.25, 0.3) is 0 Å². The second-order valence-corrected chi connectivity index (χ2v) is 7.57. The van der Waals surface area contributed by atoms with Crippen molar-refractivity contribution in [3.63, 3.8) is 0 Å². The van der Waals surface area contributed by atoms with Gasteiger partial charge >= 0.3 is 0 Å². The summed E-state index contributed by atoms with van der Waals surface area (Å²) in [4.78, 5) is 0. The molecule has 0 bridgehead atoms. The predicted octanol–water partition coefficient (Wildman–Crippen LogP) is 6.48. The molecule has 0 fully saturated rings. The maximum atomic E-state index is 6.24. The van der Waals surface area contributed by atoms with Crippen LogP contribution < -0.4 is 0 Å². The molecule has 132 valence electrons. The predicted molar refractivity (Wildman–Crippen MR) is 109 cm³/mol. The Labute approximate surface area is 161 Å². The summed E-state index contributed by atoms with van der Waals surface area (Å²) >= 11 is 6.94. The first-order valence-electron chi connectivity index (χ1n) is 8.92. The van der Waals surface area contributed by atoms with E-state index in [0.717, 1.165) is 23.5 Å². The highest BCUT2D eigenvalue weighted by molar-refractivity contribution is 9.09. The lowest BCUT2D eigenvalue weighted by Gasteiger charge is -2.23. The Bertz CT molecular complexity index is 298. The minimum atomic E-state index is 0.171. The average molecular weight is 448 g/mol. The van der Waals surface area contributed by atoms with E-state index in [9.17, 15) is 0 Å². The molecule has 0 N–H and O–H groups in total. The molecule has 0 aliphatic heterocycles. The molecule has 0 aromatic rings. The van der Waals surface area contributed by atoms with Gasteiger partial charge in [-0.25, -0.2) is 0 Å². The number of terminal acetylenes is 2. The van der Waals surface area contributed by atoms with Crippen LogP contribution in [-0.2, 0) is 4.74 Å². The van der Waals surface area contributed by atoms with Gasteiger partial charge in [0.15, 0.2) is 0 Å². The van der Waals surface area contributed by atoms with E-state index < -0.39 is 0 Å². The second-order valence-electron chi connectivity index (χ2n) is 5.98. The fourth-order valence-corrected chi connectivity index (χ4v) is 3.40. The van der Waals surface area contributed by atoms with Gasteiger partial charge in [-0.2, -0.15) is 0 Å². The van der Waals surface area contributed by atoms with Crippen LogP contribution in [0.4, 0.5) is 0 Å². The van der Waals surface area contributed by atoms with Crippen molar-refractivity contribution in [1.29, 1.82) is 0 Å². The molecule has 2 unspecified atom stereocenters. The molecule has 0 aliphatic carbocycles. The van der Waals surface area contributed by atoms with Crippen LogP contribution >= 0.6 is 31.9 Å². The second kappa shape index (κ2) is 18.4. The zero-order valence-electron chi connectivity index (χ0n) is 14.4. The molecule has 0 aliphatic rings. The maximum Gasteiger partial charge on any atom is 0.0688 e. The van der Waals surface area contributed by atoms with Gasteiger partial charge in [-0.15, -0.1) is 24.7 Å². The fourth-order valence-electron chi connectivity index (χ4n) is 2.61. The highest BCUT2D eigenvalue weighted by atomic mass is 79.9. The van der Waals surface area contributed by atoms with Crippen molar-refractivity contribution in [2.24, 2.45) is 0 Å². The Hall–Kier alpha value is 0.0400. The Balaban J connectivity index is 4.08. The molecule has 0 aromatic carbocycles. The van der Waals surface area contributed by atoms with Crippen molar-refractivity contribution in [1.82, 2.24) is 0 Å². The van der Waals surface area contributed by atoms with E-state index in [2.05, 4.69) is 43.7 Å². The van der Waals surface area contributed by atoms with Crippen molar-refractivity contribution in [3.05, 3.63) is 0 Å². The highest BCUT2D eigenvalue weighted by Gasteiger charge is 2.15. The summed E-state index contributed by atoms with van der Waals surface area (Å²) in [7, 11) is 0. The molecular formula is C20H32Br2O. The largest absolute Gasteiger partial charge is 0.373 e. The standard InChI is InChI=1S/C20H32Br2O/c1-3-13-19(15-9-5-7-11-17-21)23-20(14-4-2)16-10-6-8-12-18-22/h1-2,19-20H,5-18H2. The van der Waals surface area contributed by atoms with Crippen LogP contribution in [-0.4, -0.2) is 22.9 Å². The molecule has 23 heavy (non-hydrogen) atoms. The topological polar surface area (TPSA) is 9.23 Å². The van der Waals surface area contributed by atoms with Crippen molar-refractivity contribution < 1.29 is 4.74 Å². The van der Waals surface area contributed by atoms with Crippen LogP contribution in [0.5, 0.6) is 0 Å². The average Bonchev–Trinajstić information content (AvgIpc) is 2.54. The van der Waals surface area contributed by atoms with Crippen molar-refractivity contribution in [2.45, 2.75) is 89.3 Å². The smallest absolute Gasteiger partial charge is 0.0688 e. The summed E-state index contributed by atoms with van der Waals surface area (Å²) in [6.45, 7) is 0. The summed E-state index contributed by atoms with van der Waals surface area (Å²) in [5, 5.41) is 2.19. The summed E-state index contributed by atoms with van der Waals surface area (Å²) in [5.41, 5.74) is 0. The molecule has 2 atom stereocenters. The van der Waals surface area contributed by atoms with Gasteiger partial charge < -0.3 is 4.74 Å². The summed E-state index contributed by atoms with van der Waals surface area (Å²) in [6.07, 6.45) is 24.8. The highest BCUT2D eigenvalue weighted by Crippen LogP contribution is 2.18. The van der Waals surface area contributed by atoms with Crippen molar-refractivity contribution >= 4 is 31.9 Å². The molecule has 0 spiro atoms. The Kier molecular flexibility index (Phi) is 18.4. The maximum absolute atomic E-state index is 6.24. The summed E-state index contributed by atoms with van der Waals surface area (Å²) < 4.78 is 6.24. The minimum absolute atomic E-state index is 0.171. The van der Waals surface area contributed by atoms with Crippen LogP contribution in [0, 0.1) is 24.7 Å². The van der Waals surface area contributed by atoms with Gasteiger partial charge in [0.05, 0.1) is 12.2 Å².